The van der Waals surface area contributed by atoms with Crippen molar-refractivity contribution in [2.75, 3.05) is 18.5 Å². The second kappa shape index (κ2) is 10.3. The number of H-pyrrole nitrogens is 1. The molecule has 3 aromatic rings. The molecular weight excluding hydrogens is 442 g/mol. The van der Waals surface area contributed by atoms with Crippen LogP contribution in [0.3, 0.4) is 0 Å². The first-order valence-corrected chi connectivity index (χ1v) is 14.9. The predicted octanol–water partition coefficient (Wildman–Crippen LogP) is 4.71. The van der Waals surface area contributed by atoms with E-state index in [1.165, 1.54) is 4.90 Å². The van der Waals surface area contributed by atoms with Gasteiger partial charge in [-0.2, -0.15) is 0 Å². The van der Waals surface area contributed by atoms with Crippen molar-refractivity contribution < 1.29 is 9.90 Å². The van der Waals surface area contributed by atoms with Gasteiger partial charge in [-0.05, 0) is 61.5 Å². The lowest BCUT2D eigenvalue weighted by atomic mass is 10.1. The monoisotopic (exact) mass is 475 g/mol. The number of anilines is 1. The lowest BCUT2D eigenvalue weighted by molar-refractivity contribution is 0.185. The molecule has 2 amide bonds. The number of hydrogen-bond acceptors (Lipinski definition) is 3. The molecule has 178 valence electrons. The summed E-state index contributed by atoms with van der Waals surface area (Å²) in [5, 5.41) is 13.4. The van der Waals surface area contributed by atoms with Gasteiger partial charge in [0.2, 0.25) is 0 Å². The van der Waals surface area contributed by atoms with Gasteiger partial charge in [-0.25, -0.2) is 4.79 Å². The minimum atomic E-state index is -1.60. The number of aliphatic hydroxyl groups is 1. The normalized spacial score (nSPS) is 11.1. The zero-order valence-electron chi connectivity index (χ0n) is 20.8. The Balaban J connectivity index is 1.91. The van der Waals surface area contributed by atoms with Crippen LogP contribution in [0.25, 0.3) is 10.9 Å². The number of aromatic amines is 1. The van der Waals surface area contributed by atoms with Crippen molar-refractivity contribution in [3.63, 3.8) is 0 Å². The quantitative estimate of drug-likeness (QED) is 0.369. The number of nitrogens with zero attached hydrogens (tertiary/aromatic N) is 1. The van der Waals surface area contributed by atoms with E-state index in [2.05, 4.69) is 41.4 Å². The van der Waals surface area contributed by atoms with Crippen LogP contribution in [0.5, 0.6) is 0 Å². The smallest absolute Gasteiger partial charge is 0.322 e. The highest BCUT2D eigenvalue weighted by atomic mass is 28.3. The number of pyridine rings is 1. The minimum absolute atomic E-state index is 0.0758. The van der Waals surface area contributed by atoms with E-state index >= 15 is 0 Å². The van der Waals surface area contributed by atoms with E-state index in [9.17, 15) is 14.7 Å². The molecule has 3 rings (SSSR count). The van der Waals surface area contributed by atoms with E-state index in [4.69, 9.17) is 0 Å². The molecule has 1 aromatic heterocycles. The first kappa shape index (κ1) is 25.3. The summed E-state index contributed by atoms with van der Waals surface area (Å²) in [6.45, 7) is 12.4. The minimum Gasteiger partial charge on any atom is -0.395 e. The zero-order valence-corrected chi connectivity index (χ0v) is 21.8. The van der Waals surface area contributed by atoms with Crippen molar-refractivity contribution in [3.05, 3.63) is 74.6 Å². The highest BCUT2D eigenvalue weighted by Crippen LogP contribution is 2.20. The molecule has 6 nitrogen and oxygen atoms in total. The molecule has 34 heavy (non-hydrogen) atoms. The summed E-state index contributed by atoms with van der Waals surface area (Å²) < 4.78 is 0. The largest absolute Gasteiger partial charge is 0.395 e. The first-order valence-electron chi connectivity index (χ1n) is 11.4. The van der Waals surface area contributed by atoms with Crippen LogP contribution in [0, 0.1) is 32.2 Å². The number of hydrogen-bond donors (Lipinski definition) is 3. The highest BCUT2D eigenvalue weighted by molar-refractivity contribution is 6.83. The second-order valence-corrected chi connectivity index (χ2v) is 14.5. The Labute approximate surface area is 202 Å². The molecule has 0 bridgehead atoms. The summed E-state index contributed by atoms with van der Waals surface area (Å²) in [6.07, 6.45) is 0. The van der Waals surface area contributed by atoms with Crippen molar-refractivity contribution in [1.29, 1.82) is 0 Å². The summed E-state index contributed by atoms with van der Waals surface area (Å²) in [7, 11) is -1.60. The summed E-state index contributed by atoms with van der Waals surface area (Å²) in [5.41, 5.74) is 8.88. The zero-order chi connectivity index (χ0) is 25.0. The van der Waals surface area contributed by atoms with E-state index in [0.717, 1.165) is 33.2 Å². The maximum atomic E-state index is 13.2. The maximum Gasteiger partial charge on any atom is 0.322 e. The third-order valence-electron chi connectivity index (χ3n) is 5.38. The standard InChI is InChI=1S/C27H33N3O3Si/c1-18-7-8-24(21(14-18)9-12-34(4,5)6)28-27(33)30(10-11-31)17-23-16-22-15-19(2)13-20(3)25(22)29-26(23)32/h7-8,13-16,31H,10-11,17H2,1-6H3,(H,28,33)(H,29,32). The van der Waals surface area contributed by atoms with E-state index in [1.54, 1.807) is 0 Å². The number of amides is 2. The van der Waals surface area contributed by atoms with E-state index < -0.39 is 14.1 Å². The lowest BCUT2D eigenvalue weighted by Gasteiger charge is -2.23. The Morgan fingerprint density at radius 3 is 2.50 bits per heavy atom. The Bertz CT molecular complexity index is 1340. The third-order valence-corrected chi connectivity index (χ3v) is 6.25. The molecule has 0 saturated heterocycles. The molecule has 2 aromatic carbocycles. The Kier molecular flexibility index (Phi) is 7.65. The number of benzene rings is 2. The average Bonchev–Trinajstić information content (AvgIpc) is 2.74. The van der Waals surface area contributed by atoms with Crippen molar-refractivity contribution in [3.8, 4) is 11.5 Å². The van der Waals surface area contributed by atoms with Crippen molar-refractivity contribution in [2.45, 2.75) is 47.0 Å². The number of nitrogens with one attached hydrogen (secondary N) is 2. The number of aromatic nitrogens is 1. The second-order valence-electron chi connectivity index (χ2n) is 9.79. The summed E-state index contributed by atoms with van der Waals surface area (Å²) >= 11 is 0. The van der Waals surface area contributed by atoms with Crippen molar-refractivity contribution in [1.82, 2.24) is 9.88 Å². The Morgan fingerprint density at radius 2 is 1.82 bits per heavy atom. The van der Waals surface area contributed by atoms with E-state index in [0.29, 0.717) is 11.3 Å². The van der Waals surface area contributed by atoms with Gasteiger partial charge >= 0.3 is 6.03 Å². The fourth-order valence-corrected chi connectivity index (χ4v) is 4.26. The molecule has 0 aliphatic carbocycles. The van der Waals surface area contributed by atoms with Gasteiger partial charge in [0.25, 0.3) is 5.56 Å². The SMILES string of the molecule is Cc1ccc(NC(=O)N(CCO)Cc2cc3cc(C)cc(C)c3[nH]c2=O)c(C#C[Si](C)(C)C)c1. The van der Waals surface area contributed by atoms with Crippen LogP contribution >= 0.6 is 0 Å². The molecule has 0 atom stereocenters. The molecule has 0 aliphatic heterocycles. The van der Waals surface area contributed by atoms with Gasteiger partial charge < -0.3 is 20.3 Å². The van der Waals surface area contributed by atoms with Crippen molar-refractivity contribution >= 4 is 30.7 Å². The molecule has 0 aliphatic rings. The Morgan fingerprint density at radius 1 is 1.09 bits per heavy atom. The van der Waals surface area contributed by atoms with Gasteiger partial charge in [-0.1, -0.05) is 43.3 Å². The summed E-state index contributed by atoms with van der Waals surface area (Å²) in [5.74, 6) is 3.23. The van der Waals surface area contributed by atoms with Crippen LogP contribution in [-0.4, -0.2) is 42.2 Å². The lowest BCUT2D eigenvalue weighted by Crippen LogP contribution is -2.38. The number of rotatable bonds is 5. The van der Waals surface area contributed by atoms with Crippen LogP contribution in [0.4, 0.5) is 10.5 Å². The fraction of sp³-hybridized carbons (Fsp3) is 0.333. The van der Waals surface area contributed by atoms with Gasteiger partial charge in [0.15, 0.2) is 0 Å². The number of fused-ring (bicyclic) bond motifs is 1. The summed E-state index contributed by atoms with van der Waals surface area (Å²) in [4.78, 5) is 30.3. The maximum absolute atomic E-state index is 13.2. The van der Waals surface area contributed by atoms with Crippen LogP contribution in [0.2, 0.25) is 19.6 Å². The van der Waals surface area contributed by atoms with Crippen LogP contribution < -0.4 is 10.9 Å². The average molecular weight is 476 g/mol. The number of aliphatic hydroxyl groups excluding tert-OH is 1. The first-order chi connectivity index (χ1) is 16.0. The van der Waals surface area contributed by atoms with Crippen LogP contribution in [0.1, 0.15) is 27.8 Å². The van der Waals surface area contributed by atoms with E-state index in [1.807, 2.05) is 57.2 Å². The van der Waals surface area contributed by atoms with Crippen LogP contribution in [-0.2, 0) is 6.54 Å². The number of aryl methyl sites for hydroxylation is 3. The third kappa shape index (κ3) is 6.37. The summed E-state index contributed by atoms with van der Waals surface area (Å²) in [6, 6.07) is 11.2. The van der Waals surface area contributed by atoms with Gasteiger partial charge in [-0.15, -0.1) is 5.54 Å². The number of carbonyl (C=O) groups excluding carboxylic acids is 1. The Hall–Kier alpha value is -3.34. The fourth-order valence-electron chi connectivity index (χ4n) is 3.75. The number of carbonyl (C=O) groups is 1. The van der Waals surface area contributed by atoms with E-state index in [-0.39, 0.29) is 25.3 Å². The topological polar surface area (TPSA) is 85.4 Å². The van der Waals surface area contributed by atoms with Gasteiger partial charge in [0.1, 0.15) is 8.07 Å². The molecule has 7 heteroatoms. The van der Waals surface area contributed by atoms with Crippen molar-refractivity contribution in [2.24, 2.45) is 0 Å². The molecule has 3 N–H and O–H groups in total. The van der Waals surface area contributed by atoms with Gasteiger partial charge in [0.05, 0.1) is 24.4 Å². The molecule has 0 unspecified atom stereocenters. The van der Waals surface area contributed by atoms with Crippen LogP contribution in [0.15, 0.2) is 41.2 Å². The van der Waals surface area contributed by atoms with Gasteiger partial charge in [-0.3, -0.25) is 4.79 Å². The molecule has 0 spiro atoms. The molecule has 1 heterocycles. The molecule has 0 fully saturated rings. The number of urea groups is 1. The van der Waals surface area contributed by atoms with Gasteiger partial charge in [0, 0.05) is 17.7 Å². The molecule has 0 radical (unpaired) electrons. The molecule has 0 saturated carbocycles. The molecular formula is C27H33N3O3Si. The highest BCUT2D eigenvalue weighted by Gasteiger charge is 2.18. The predicted molar refractivity (Wildman–Crippen MR) is 142 cm³/mol.